The second-order valence-corrected chi connectivity index (χ2v) is 15.3. The Morgan fingerprint density at radius 2 is 1.81 bits per heavy atom. The number of fused-ring (bicyclic) bond motifs is 1. The number of carbonyl (C=O) groups is 1. The number of esters is 1. The standard InChI is InChI=1S/C25H30N6O4Si/c1-16-13-18(14-19(27-16)23(32)34-2)20-21(17-9-7-6-8-10-17)28-24(26)31-22(20)29-30(25(31)33)15-35-11-12-36(3,4)5/h6-10,13-14H,11-12,15H2,1-5H3,(H2,26,28). The Morgan fingerprint density at radius 1 is 1.08 bits per heavy atom. The van der Waals surface area contributed by atoms with Crippen molar-refractivity contribution in [2.75, 3.05) is 19.5 Å². The molecule has 0 atom stereocenters. The molecule has 0 aliphatic rings. The van der Waals surface area contributed by atoms with Gasteiger partial charge in [0.2, 0.25) is 5.95 Å². The zero-order chi connectivity index (χ0) is 26.0. The summed E-state index contributed by atoms with van der Waals surface area (Å²) in [7, 11) is 0.0166. The topological polar surface area (TPSA) is 127 Å². The van der Waals surface area contributed by atoms with Crippen molar-refractivity contribution < 1.29 is 14.3 Å². The van der Waals surface area contributed by atoms with Crippen LogP contribution in [0, 0.1) is 6.92 Å². The monoisotopic (exact) mass is 506 g/mol. The van der Waals surface area contributed by atoms with Crippen LogP contribution in [0.1, 0.15) is 16.2 Å². The number of methoxy groups -OCH3 is 1. The number of pyridine rings is 1. The van der Waals surface area contributed by atoms with E-state index in [1.165, 1.54) is 16.2 Å². The molecule has 11 heteroatoms. The van der Waals surface area contributed by atoms with Crippen molar-refractivity contribution in [3.05, 3.63) is 64.3 Å². The van der Waals surface area contributed by atoms with E-state index in [9.17, 15) is 9.59 Å². The van der Waals surface area contributed by atoms with Crippen LogP contribution in [0.15, 0.2) is 47.3 Å². The average molecular weight is 507 g/mol. The summed E-state index contributed by atoms with van der Waals surface area (Å²) in [6, 6.07) is 13.8. The number of anilines is 1. The summed E-state index contributed by atoms with van der Waals surface area (Å²) in [6.07, 6.45) is 0. The fraction of sp³-hybridized carbons (Fsp3) is 0.320. The Kier molecular flexibility index (Phi) is 7.04. The fourth-order valence-electron chi connectivity index (χ4n) is 3.81. The van der Waals surface area contributed by atoms with E-state index in [2.05, 4.69) is 34.7 Å². The Morgan fingerprint density at radius 3 is 2.47 bits per heavy atom. The molecule has 3 heterocycles. The number of rotatable bonds is 8. The first-order valence-corrected chi connectivity index (χ1v) is 15.3. The molecule has 4 rings (SSSR count). The summed E-state index contributed by atoms with van der Waals surface area (Å²) in [6.45, 7) is 9.09. The van der Waals surface area contributed by atoms with E-state index in [4.69, 9.17) is 15.2 Å². The lowest BCUT2D eigenvalue weighted by Crippen LogP contribution is -2.26. The number of ether oxygens (including phenoxy) is 2. The Hall–Kier alpha value is -3.83. The van der Waals surface area contributed by atoms with Crippen molar-refractivity contribution >= 4 is 25.6 Å². The quantitative estimate of drug-likeness (QED) is 0.218. The lowest BCUT2D eigenvalue weighted by atomic mass is 9.99. The molecular formula is C25H30N6O4Si. The van der Waals surface area contributed by atoms with E-state index in [0.717, 1.165) is 11.6 Å². The van der Waals surface area contributed by atoms with Crippen molar-refractivity contribution in [1.82, 2.24) is 24.1 Å². The summed E-state index contributed by atoms with van der Waals surface area (Å²) in [5.74, 6) is -0.565. The highest BCUT2D eigenvalue weighted by Gasteiger charge is 2.23. The predicted octanol–water partition coefficient (Wildman–Crippen LogP) is 3.61. The van der Waals surface area contributed by atoms with Gasteiger partial charge in [-0.25, -0.2) is 24.0 Å². The van der Waals surface area contributed by atoms with E-state index in [0.29, 0.717) is 34.8 Å². The first-order valence-electron chi connectivity index (χ1n) is 11.6. The van der Waals surface area contributed by atoms with Gasteiger partial charge >= 0.3 is 11.7 Å². The first-order chi connectivity index (χ1) is 17.1. The molecule has 4 aromatic rings. The van der Waals surface area contributed by atoms with Gasteiger partial charge in [0, 0.05) is 25.9 Å². The minimum absolute atomic E-state index is 0.00456. The minimum Gasteiger partial charge on any atom is -0.464 e. The third kappa shape index (κ3) is 5.21. The molecule has 0 unspecified atom stereocenters. The normalized spacial score (nSPS) is 11.7. The van der Waals surface area contributed by atoms with Crippen LogP contribution in [0.4, 0.5) is 5.95 Å². The van der Waals surface area contributed by atoms with Gasteiger partial charge in [0.05, 0.1) is 18.4 Å². The number of hydrogen-bond acceptors (Lipinski definition) is 8. The van der Waals surface area contributed by atoms with Crippen LogP contribution in [0.25, 0.3) is 28.0 Å². The number of hydrogen-bond donors (Lipinski definition) is 1. The second-order valence-electron chi connectivity index (χ2n) is 9.72. The number of aryl methyl sites for hydroxylation is 1. The Bertz CT molecular complexity index is 1470. The SMILES string of the molecule is COC(=O)c1cc(-c2c(-c3ccccc3)nc(N)n3c(=O)n(COCC[Si](C)(C)C)nc23)cc(C)n1. The van der Waals surface area contributed by atoms with Crippen LogP contribution in [0.3, 0.4) is 0 Å². The van der Waals surface area contributed by atoms with Crippen molar-refractivity contribution in [1.29, 1.82) is 0 Å². The highest BCUT2D eigenvalue weighted by molar-refractivity contribution is 6.76. The summed E-state index contributed by atoms with van der Waals surface area (Å²) in [5.41, 5.74) is 9.32. The zero-order valence-electron chi connectivity index (χ0n) is 21.1. The van der Waals surface area contributed by atoms with E-state index < -0.39 is 19.7 Å². The highest BCUT2D eigenvalue weighted by Crippen LogP contribution is 2.35. The van der Waals surface area contributed by atoms with E-state index in [1.54, 1.807) is 19.1 Å². The van der Waals surface area contributed by atoms with Crippen molar-refractivity contribution in [2.24, 2.45) is 0 Å². The van der Waals surface area contributed by atoms with E-state index >= 15 is 0 Å². The molecule has 3 aromatic heterocycles. The number of nitrogen functional groups attached to an aromatic ring is 1. The fourth-order valence-corrected chi connectivity index (χ4v) is 4.57. The van der Waals surface area contributed by atoms with Gasteiger partial charge in [-0.1, -0.05) is 50.0 Å². The summed E-state index contributed by atoms with van der Waals surface area (Å²) in [4.78, 5) is 34.4. The maximum Gasteiger partial charge on any atom is 0.356 e. The van der Waals surface area contributed by atoms with E-state index in [1.807, 2.05) is 30.3 Å². The third-order valence-corrected chi connectivity index (χ3v) is 7.35. The number of aromatic nitrogens is 5. The Balaban J connectivity index is 1.92. The molecular weight excluding hydrogens is 476 g/mol. The molecule has 36 heavy (non-hydrogen) atoms. The first kappa shape index (κ1) is 25.3. The van der Waals surface area contributed by atoms with Gasteiger partial charge in [-0.15, -0.1) is 5.10 Å². The second kappa shape index (κ2) is 10.0. The van der Waals surface area contributed by atoms with Crippen LogP contribution < -0.4 is 11.4 Å². The maximum atomic E-state index is 13.2. The van der Waals surface area contributed by atoms with Crippen LogP contribution in [-0.2, 0) is 16.2 Å². The molecule has 0 amide bonds. The third-order valence-electron chi connectivity index (χ3n) is 5.65. The molecule has 0 bridgehead atoms. The van der Waals surface area contributed by atoms with Gasteiger partial charge in [-0.3, -0.25) is 0 Å². The molecule has 10 nitrogen and oxygen atoms in total. The van der Waals surface area contributed by atoms with Crippen LogP contribution in [0.5, 0.6) is 0 Å². The van der Waals surface area contributed by atoms with Crippen LogP contribution in [0.2, 0.25) is 25.7 Å². The van der Waals surface area contributed by atoms with Gasteiger partial charge in [0.15, 0.2) is 5.65 Å². The van der Waals surface area contributed by atoms with Gasteiger partial charge in [0.1, 0.15) is 12.4 Å². The molecule has 1 aromatic carbocycles. The molecule has 0 aliphatic carbocycles. The van der Waals surface area contributed by atoms with Crippen molar-refractivity contribution in [2.45, 2.75) is 39.3 Å². The van der Waals surface area contributed by atoms with Crippen molar-refractivity contribution in [3.8, 4) is 22.4 Å². The van der Waals surface area contributed by atoms with E-state index in [-0.39, 0.29) is 18.4 Å². The van der Waals surface area contributed by atoms with Crippen LogP contribution in [-0.4, -0.2) is 51.9 Å². The molecule has 0 spiro atoms. The largest absolute Gasteiger partial charge is 0.464 e. The molecule has 2 N–H and O–H groups in total. The van der Waals surface area contributed by atoms with Gasteiger partial charge in [0.25, 0.3) is 0 Å². The highest BCUT2D eigenvalue weighted by atomic mass is 28.3. The number of benzene rings is 1. The summed E-state index contributed by atoms with van der Waals surface area (Å²) in [5, 5.41) is 4.59. The maximum absolute atomic E-state index is 13.2. The average Bonchev–Trinajstić information content (AvgIpc) is 3.17. The molecule has 0 radical (unpaired) electrons. The lowest BCUT2D eigenvalue weighted by Gasteiger charge is -2.14. The van der Waals surface area contributed by atoms with Gasteiger partial charge in [-0.2, -0.15) is 4.68 Å². The smallest absolute Gasteiger partial charge is 0.356 e. The Labute approximate surface area is 209 Å². The van der Waals surface area contributed by atoms with Gasteiger partial charge in [-0.05, 0) is 30.7 Å². The predicted molar refractivity (Wildman–Crippen MR) is 141 cm³/mol. The molecule has 0 saturated carbocycles. The molecule has 0 fully saturated rings. The summed E-state index contributed by atoms with van der Waals surface area (Å²) < 4.78 is 13.2. The lowest BCUT2D eigenvalue weighted by molar-refractivity contribution is 0.0594. The van der Waals surface area contributed by atoms with Crippen LogP contribution >= 0.6 is 0 Å². The summed E-state index contributed by atoms with van der Waals surface area (Å²) >= 11 is 0. The molecule has 0 aliphatic heterocycles. The number of nitrogens with zero attached hydrogens (tertiary/aromatic N) is 5. The molecule has 0 saturated heterocycles. The zero-order valence-corrected chi connectivity index (χ0v) is 22.1. The van der Waals surface area contributed by atoms with Crippen molar-refractivity contribution in [3.63, 3.8) is 0 Å². The van der Waals surface area contributed by atoms with Gasteiger partial charge < -0.3 is 15.2 Å². The minimum atomic E-state index is -1.28. The molecule has 188 valence electrons. The number of nitrogens with two attached hydrogens (primary N) is 1. The number of carbonyl (C=O) groups excluding carboxylic acids is 1.